The summed E-state index contributed by atoms with van der Waals surface area (Å²) in [5, 5.41) is 9.03. The van der Waals surface area contributed by atoms with Gasteiger partial charge < -0.3 is 4.90 Å². The normalized spacial score (nSPS) is 30.8. The maximum Gasteiger partial charge on any atom is 0.276 e. The van der Waals surface area contributed by atoms with Gasteiger partial charge in [-0.05, 0) is 74.8 Å². The average Bonchev–Trinajstić information content (AvgIpc) is 3.88. The van der Waals surface area contributed by atoms with Gasteiger partial charge in [0.15, 0.2) is 6.23 Å². The fraction of sp³-hybridized carbons (Fsp3) is 0.629. The van der Waals surface area contributed by atoms with Gasteiger partial charge in [0.25, 0.3) is 11.8 Å². The number of hydrogen-bond acceptors (Lipinski definition) is 10. The Kier molecular flexibility index (Phi) is 7.83. The first kappa shape index (κ1) is 31.8. The molecule has 0 radical (unpaired) electrons. The molecule has 13 nitrogen and oxygen atoms in total. The van der Waals surface area contributed by atoms with Gasteiger partial charge in [0.2, 0.25) is 5.91 Å². The summed E-state index contributed by atoms with van der Waals surface area (Å²) in [5.74, 6) is 0.0638. The largest absolute Gasteiger partial charge is 0.307 e. The van der Waals surface area contributed by atoms with Crippen LogP contribution in [-0.4, -0.2) is 109 Å². The lowest BCUT2D eigenvalue weighted by Crippen LogP contribution is -2.52. The Morgan fingerprint density at radius 3 is 2.10 bits per heavy atom. The van der Waals surface area contributed by atoms with E-state index in [1.807, 2.05) is 11.0 Å². The van der Waals surface area contributed by atoms with Crippen molar-refractivity contribution in [1.29, 1.82) is 0 Å². The van der Waals surface area contributed by atoms with E-state index in [1.54, 1.807) is 24.7 Å². The first-order valence-corrected chi connectivity index (χ1v) is 17.5. The van der Waals surface area contributed by atoms with Gasteiger partial charge in [-0.25, -0.2) is 15.8 Å². The van der Waals surface area contributed by atoms with Crippen LogP contribution in [0.15, 0.2) is 24.5 Å². The van der Waals surface area contributed by atoms with Crippen LogP contribution in [-0.2, 0) is 35.6 Å². The van der Waals surface area contributed by atoms with Crippen LogP contribution < -0.4 is 11.0 Å². The average molecular weight is 659 g/mol. The van der Waals surface area contributed by atoms with E-state index >= 15 is 0 Å². The summed E-state index contributed by atoms with van der Waals surface area (Å²) in [7, 11) is 0. The third-order valence-electron chi connectivity index (χ3n) is 12.1. The van der Waals surface area contributed by atoms with E-state index in [4.69, 9.17) is 10.0 Å². The number of nitrogens with zero attached hydrogens (tertiary/aromatic N) is 6. The summed E-state index contributed by atoms with van der Waals surface area (Å²) in [5.41, 5.74) is 9.11. The third-order valence-corrected chi connectivity index (χ3v) is 12.1. The number of carbonyl (C=O) groups excluding carboxylic acids is 3. The Balaban J connectivity index is 0.892. The van der Waals surface area contributed by atoms with E-state index in [-0.39, 0.29) is 23.3 Å². The van der Waals surface area contributed by atoms with E-state index in [1.165, 1.54) is 25.6 Å². The van der Waals surface area contributed by atoms with Crippen molar-refractivity contribution >= 4 is 17.7 Å². The number of amides is 3. The van der Waals surface area contributed by atoms with Gasteiger partial charge in [0.1, 0.15) is 0 Å². The SMILES string of the molecule is CC(=O)N1C(ONC(=O)c2cnc3c(c2)CN(CC24CC2CCN4C(C)C)CC3)CC2CC21CN1CCc2ncc(C(=O)NO)cc2C1. The van der Waals surface area contributed by atoms with Gasteiger partial charge in [-0.3, -0.25) is 44.3 Å². The Labute approximate surface area is 280 Å². The molecule has 0 aromatic carbocycles. The first-order chi connectivity index (χ1) is 23.1. The molecule has 2 aromatic heterocycles. The van der Waals surface area contributed by atoms with Crippen LogP contribution >= 0.6 is 0 Å². The Morgan fingerprint density at radius 1 is 0.917 bits per heavy atom. The number of aromatic nitrogens is 2. The summed E-state index contributed by atoms with van der Waals surface area (Å²) >= 11 is 0. The highest BCUT2D eigenvalue weighted by molar-refractivity contribution is 5.93. The van der Waals surface area contributed by atoms with Crippen LogP contribution in [0.2, 0.25) is 0 Å². The molecular weight excluding hydrogens is 612 g/mol. The van der Waals surface area contributed by atoms with Crippen LogP contribution in [0.1, 0.15) is 89.7 Å². The Bertz CT molecular complexity index is 1650. The summed E-state index contributed by atoms with van der Waals surface area (Å²) in [4.78, 5) is 62.7. The highest BCUT2D eigenvalue weighted by Gasteiger charge is 2.67. The zero-order valence-corrected chi connectivity index (χ0v) is 28.1. The van der Waals surface area contributed by atoms with E-state index in [2.05, 4.69) is 44.0 Å². The highest BCUT2D eigenvalue weighted by Crippen LogP contribution is 2.59. The Morgan fingerprint density at radius 2 is 1.52 bits per heavy atom. The van der Waals surface area contributed by atoms with Crippen LogP contribution in [0.4, 0.5) is 0 Å². The zero-order valence-electron chi connectivity index (χ0n) is 28.1. The molecule has 4 aliphatic heterocycles. The molecular formula is C35H46N8O5. The van der Waals surface area contributed by atoms with Gasteiger partial charge >= 0.3 is 0 Å². The molecule has 256 valence electrons. The molecule has 5 atom stereocenters. The number of rotatable bonds is 9. The number of pyridine rings is 2. The maximum absolute atomic E-state index is 13.3. The lowest BCUT2D eigenvalue weighted by molar-refractivity contribution is -0.154. The Hall–Kier alpha value is -3.49. The molecule has 0 bridgehead atoms. The predicted octanol–water partition coefficient (Wildman–Crippen LogP) is 1.88. The summed E-state index contributed by atoms with van der Waals surface area (Å²) < 4.78 is 0. The number of likely N-dealkylation sites (tertiary alicyclic amines) is 2. The number of carbonyl (C=O) groups is 3. The molecule has 48 heavy (non-hydrogen) atoms. The van der Waals surface area contributed by atoms with Crippen molar-refractivity contribution < 1.29 is 24.4 Å². The molecule has 2 aromatic rings. The minimum atomic E-state index is -0.592. The fourth-order valence-electron chi connectivity index (χ4n) is 9.66. The van der Waals surface area contributed by atoms with Crippen molar-refractivity contribution in [2.24, 2.45) is 11.8 Å². The lowest BCUT2D eigenvalue weighted by Gasteiger charge is -2.38. The monoisotopic (exact) mass is 658 g/mol. The molecule has 3 N–H and O–H groups in total. The molecule has 3 amide bonds. The van der Waals surface area contributed by atoms with Crippen molar-refractivity contribution in [3.63, 3.8) is 0 Å². The molecule has 5 unspecified atom stereocenters. The smallest absolute Gasteiger partial charge is 0.276 e. The number of fused-ring (bicyclic) bond motifs is 4. The molecule has 4 fully saturated rings. The van der Waals surface area contributed by atoms with Crippen molar-refractivity contribution in [2.45, 2.75) is 95.7 Å². The minimum Gasteiger partial charge on any atom is -0.307 e. The number of piperidine rings is 2. The van der Waals surface area contributed by atoms with E-state index in [0.29, 0.717) is 42.2 Å². The topological polar surface area (TPSA) is 143 Å². The second-order valence-corrected chi connectivity index (χ2v) is 15.2. The van der Waals surface area contributed by atoms with Crippen molar-refractivity contribution in [1.82, 2.24) is 40.5 Å². The van der Waals surface area contributed by atoms with Gasteiger partial charge in [-0.1, -0.05) is 0 Å². The highest BCUT2D eigenvalue weighted by atomic mass is 16.7. The molecule has 2 aliphatic carbocycles. The molecule has 6 aliphatic rings. The van der Waals surface area contributed by atoms with Crippen molar-refractivity contribution in [3.8, 4) is 0 Å². The van der Waals surface area contributed by atoms with Gasteiger partial charge in [0, 0.05) is 101 Å². The lowest BCUT2D eigenvalue weighted by atomic mass is 10.0. The maximum atomic E-state index is 13.3. The van der Waals surface area contributed by atoms with Crippen LogP contribution in [0.25, 0.3) is 0 Å². The van der Waals surface area contributed by atoms with Crippen molar-refractivity contribution in [2.75, 3.05) is 32.7 Å². The molecule has 6 heterocycles. The van der Waals surface area contributed by atoms with Crippen LogP contribution in [0, 0.1) is 11.8 Å². The van der Waals surface area contributed by atoms with E-state index < -0.39 is 12.1 Å². The summed E-state index contributed by atoms with van der Waals surface area (Å²) in [6.45, 7) is 12.3. The zero-order chi connectivity index (χ0) is 33.4. The second kappa shape index (κ2) is 11.8. The molecule has 13 heteroatoms. The van der Waals surface area contributed by atoms with Gasteiger partial charge in [-0.15, -0.1) is 0 Å². The van der Waals surface area contributed by atoms with Gasteiger partial charge in [-0.2, -0.15) is 0 Å². The van der Waals surface area contributed by atoms with E-state index in [0.717, 1.165) is 73.9 Å². The second-order valence-electron chi connectivity index (χ2n) is 15.2. The standard InChI is InChI=1S/C35H46N8O5/c1-21(2)42-9-4-27-13-34(27,42)19-40-7-5-30-26(17-40)11-24(16-37-30)33(46)39-48-31-12-28-14-35(28,43(31)22(3)44)20-41-8-6-29-25(18-41)10-23(15-36-29)32(45)38-47/h10-11,15-16,21,27-28,31,47H,4-9,12-14,17-20H2,1-3H3,(H,38,45)(H,39,46). The van der Waals surface area contributed by atoms with Crippen LogP contribution in [0.3, 0.4) is 0 Å². The predicted molar refractivity (Wildman–Crippen MR) is 173 cm³/mol. The first-order valence-electron chi connectivity index (χ1n) is 17.5. The van der Waals surface area contributed by atoms with Gasteiger partial charge in [0.05, 0.1) is 16.7 Å². The molecule has 0 spiro atoms. The number of nitrogens with one attached hydrogen (secondary N) is 2. The van der Waals surface area contributed by atoms with Crippen molar-refractivity contribution in [3.05, 3.63) is 58.2 Å². The molecule has 8 rings (SSSR count). The summed E-state index contributed by atoms with van der Waals surface area (Å²) in [6, 6.07) is 4.29. The molecule has 2 saturated carbocycles. The van der Waals surface area contributed by atoms with Crippen LogP contribution in [0.5, 0.6) is 0 Å². The third kappa shape index (κ3) is 5.40. The summed E-state index contributed by atoms with van der Waals surface area (Å²) in [6.07, 6.45) is 8.32. The quantitative estimate of drug-likeness (QED) is 0.270. The fourth-order valence-corrected chi connectivity index (χ4v) is 9.66. The molecule has 2 saturated heterocycles. The minimum absolute atomic E-state index is 0.0820. The number of hydrogen-bond donors (Lipinski definition) is 3. The van der Waals surface area contributed by atoms with E-state index in [9.17, 15) is 14.4 Å². The number of hydroxylamine groups is 2.